The first kappa shape index (κ1) is 19.2. The van der Waals surface area contributed by atoms with Gasteiger partial charge in [0.15, 0.2) is 6.23 Å². The quantitative estimate of drug-likeness (QED) is 0.672. The van der Waals surface area contributed by atoms with Crippen LogP contribution >= 0.6 is 0 Å². The molecule has 148 valence electrons. The standard InChI is InChI=1S/C24H29NO3/c1-17-6-5-9-23(18(17)2)19-10-12-21(13-11-19)27-16-24-25-14-22(28-24)15-26-20-7-3-4-8-20/h5-6,9-14,20,22,24H,3-4,7-8,15-16H2,1-2H3/t22?,24-/m0/s1. The Hall–Kier alpha value is -2.17. The van der Waals surface area contributed by atoms with Crippen molar-refractivity contribution >= 4 is 6.21 Å². The van der Waals surface area contributed by atoms with Gasteiger partial charge in [-0.3, -0.25) is 4.99 Å². The molecule has 0 N–H and O–H groups in total. The molecule has 1 fully saturated rings. The van der Waals surface area contributed by atoms with Crippen LogP contribution in [0.4, 0.5) is 0 Å². The lowest BCUT2D eigenvalue weighted by Gasteiger charge is -2.16. The van der Waals surface area contributed by atoms with Crippen LogP contribution in [0.5, 0.6) is 5.75 Å². The molecule has 0 radical (unpaired) electrons. The molecule has 2 aromatic rings. The molecule has 4 nitrogen and oxygen atoms in total. The zero-order valence-corrected chi connectivity index (χ0v) is 16.8. The van der Waals surface area contributed by atoms with E-state index in [9.17, 15) is 0 Å². The highest BCUT2D eigenvalue weighted by Gasteiger charge is 2.23. The highest BCUT2D eigenvalue weighted by molar-refractivity contribution is 5.69. The Balaban J connectivity index is 1.25. The number of aryl methyl sites for hydroxylation is 1. The SMILES string of the molecule is Cc1cccc(-c2ccc(OC[C@H]3N=CC(COC4CCCC4)O3)cc2)c1C. The zero-order chi connectivity index (χ0) is 19.3. The molecular weight excluding hydrogens is 350 g/mol. The summed E-state index contributed by atoms with van der Waals surface area (Å²) in [6.45, 7) is 5.32. The molecule has 1 saturated carbocycles. The molecule has 2 aromatic carbocycles. The number of rotatable bonds is 7. The van der Waals surface area contributed by atoms with Gasteiger partial charge in [-0.05, 0) is 61.1 Å². The average molecular weight is 380 g/mol. The lowest BCUT2D eigenvalue weighted by atomic mass is 9.97. The Bertz CT molecular complexity index is 809. The van der Waals surface area contributed by atoms with Crippen molar-refractivity contribution in [3.05, 3.63) is 53.6 Å². The number of ether oxygens (including phenoxy) is 3. The van der Waals surface area contributed by atoms with Crippen LogP contribution in [0.2, 0.25) is 0 Å². The summed E-state index contributed by atoms with van der Waals surface area (Å²) < 4.78 is 17.7. The van der Waals surface area contributed by atoms with Gasteiger partial charge >= 0.3 is 0 Å². The molecule has 28 heavy (non-hydrogen) atoms. The summed E-state index contributed by atoms with van der Waals surface area (Å²) >= 11 is 0. The maximum atomic E-state index is 5.91. The maximum absolute atomic E-state index is 5.91. The first-order chi connectivity index (χ1) is 13.7. The van der Waals surface area contributed by atoms with Crippen LogP contribution in [0, 0.1) is 13.8 Å². The lowest BCUT2D eigenvalue weighted by molar-refractivity contribution is -0.0399. The molecule has 1 heterocycles. The molecule has 0 amide bonds. The summed E-state index contributed by atoms with van der Waals surface area (Å²) in [6, 6.07) is 14.6. The third-order valence-electron chi connectivity index (χ3n) is 5.71. The summed E-state index contributed by atoms with van der Waals surface area (Å²) in [5, 5.41) is 0. The number of benzene rings is 2. The van der Waals surface area contributed by atoms with Crippen molar-refractivity contribution in [2.24, 2.45) is 4.99 Å². The van der Waals surface area contributed by atoms with Crippen molar-refractivity contribution < 1.29 is 14.2 Å². The minimum absolute atomic E-state index is 0.0547. The van der Waals surface area contributed by atoms with Gasteiger partial charge in [-0.1, -0.05) is 43.2 Å². The van der Waals surface area contributed by atoms with E-state index < -0.39 is 0 Å². The van der Waals surface area contributed by atoms with Gasteiger partial charge in [-0.2, -0.15) is 0 Å². The zero-order valence-electron chi connectivity index (χ0n) is 16.8. The van der Waals surface area contributed by atoms with Crippen LogP contribution in [-0.2, 0) is 9.47 Å². The highest BCUT2D eigenvalue weighted by atomic mass is 16.6. The minimum Gasteiger partial charge on any atom is -0.489 e. The molecule has 0 aromatic heterocycles. The number of hydrogen-bond acceptors (Lipinski definition) is 4. The van der Waals surface area contributed by atoms with Gasteiger partial charge in [0, 0.05) is 6.21 Å². The first-order valence-corrected chi connectivity index (χ1v) is 10.3. The van der Waals surface area contributed by atoms with Gasteiger partial charge in [0.25, 0.3) is 0 Å². The summed E-state index contributed by atoms with van der Waals surface area (Å²) in [5.74, 6) is 0.832. The Labute approximate surface area is 167 Å². The molecule has 0 bridgehead atoms. The van der Waals surface area contributed by atoms with E-state index in [2.05, 4.69) is 49.2 Å². The van der Waals surface area contributed by atoms with Crippen molar-refractivity contribution in [3.63, 3.8) is 0 Å². The fourth-order valence-electron chi connectivity index (χ4n) is 3.88. The Morgan fingerprint density at radius 1 is 1.00 bits per heavy atom. The molecule has 2 atom stereocenters. The number of aliphatic imine (C=N–C) groups is 1. The molecule has 2 aliphatic rings. The third kappa shape index (κ3) is 4.62. The lowest BCUT2D eigenvalue weighted by Crippen LogP contribution is -2.25. The first-order valence-electron chi connectivity index (χ1n) is 10.3. The van der Waals surface area contributed by atoms with Gasteiger partial charge in [-0.15, -0.1) is 0 Å². The second kappa shape index (κ2) is 8.89. The van der Waals surface area contributed by atoms with Crippen molar-refractivity contribution in [1.82, 2.24) is 0 Å². The van der Waals surface area contributed by atoms with Crippen LogP contribution in [-0.4, -0.2) is 37.9 Å². The van der Waals surface area contributed by atoms with Crippen molar-refractivity contribution in [3.8, 4) is 16.9 Å². The fraction of sp³-hybridized carbons (Fsp3) is 0.458. The highest BCUT2D eigenvalue weighted by Crippen LogP contribution is 2.27. The summed E-state index contributed by atoms with van der Waals surface area (Å²) in [6.07, 6.45) is 6.86. The van der Waals surface area contributed by atoms with Gasteiger partial charge in [0.05, 0.1) is 12.7 Å². The van der Waals surface area contributed by atoms with Gasteiger partial charge in [-0.25, -0.2) is 0 Å². The second-order valence-electron chi connectivity index (χ2n) is 7.75. The van der Waals surface area contributed by atoms with Crippen LogP contribution < -0.4 is 4.74 Å². The topological polar surface area (TPSA) is 40.0 Å². The summed E-state index contributed by atoms with van der Waals surface area (Å²) in [4.78, 5) is 4.41. The Morgan fingerprint density at radius 3 is 2.57 bits per heavy atom. The summed E-state index contributed by atoms with van der Waals surface area (Å²) in [7, 11) is 0. The molecule has 4 rings (SSSR count). The van der Waals surface area contributed by atoms with Gasteiger partial charge < -0.3 is 14.2 Å². The van der Waals surface area contributed by atoms with E-state index in [4.69, 9.17) is 14.2 Å². The molecule has 1 unspecified atom stereocenters. The van der Waals surface area contributed by atoms with Crippen LogP contribution in [0.25, 0.3) is 11.1 Å². The predicted molar refractivity (Wildman–Crippen MR) is 112 cm³/mol. The van der Waals surface area contributed by atoms with Crippen LogP contribution in [0.15, 0.2) is 47.5 Å². The van der Waals surface area contributed by atoms with Gasteiger partial charge in [0.2, 0.25) is 0 Å². The van der Waals surface area contributed by atoms with E-state index in [1.54, 1.807) is 0 Å². The van der Waals surface area contributed by atoms with Crippen LogP contribution in [0.3, 0.4) is 0 Å². The van der Waals surface area contributed by atoms with Gasteiger partial charge in [0.1, 0.15) is 18.5 Å². The van der Waals surface area contributed by atoms with E-state index in [1.807, 2.05) is 18.3 Å². The van der Waals surface area contributed by atoms with Crippen LogP contribution in [0.1, 0.15) is 36.8 Å². The number of nitrogens with zero attached hydrogens (tertiary/aromatic N) is 1. The second-order valence-corrected chi connectivity index (χ2v) is 7.75. The molecule has 0 saturated heterocycles. The predicted octanol–water partition coefficient (Wildman–Crippen LogP) is 5.10. The normalized spacial score (nSPS) is 22.1. The average Bonchev–Trinajstić information content (AvgIpc) is 3.39. The largest absolute Gasteiger partial charge is 0.489 e. The monoisotopic (exact) mass is 379 g/mol. The fourth-order valence-corrected chi connectivity index (χ4v) is 3.88. The van der Waals surface area contributed by atoms with Crippen molar-refractivity contribution in [2.45, 2.75) is 58.0 Å². The van der Waals surface area contributed by atoms with E-state index >= 15 is 0 Å². The maximum Gasteiger partial charge on any atom is 0.182 e. The van der Waals surface area contributed by atoms with E-state index in [0.29, 0.717) is 19.3 Å². The van der Waals surface area contributed by atoms with E-state index in [1.165, 1.54) is 47.9 Å². The Kier molecular flexibility index (Phi) is 6.08. The molecule has 0 spiro atoms. The minimum atomic E-state index is -0.254. The third-order valence-corrected chi connectivity index (χ3v) is 5.71. The molecule has 1 aliphatic carbocycles. The molecule has 1 aliphatic heterocycles. The molecule has 4 heteroatoms. The van der Waals surface area contributed by atoms with E-state index in [0.717, 1.165) is 5.75 Å². The smallest absolute Gasteiger partial charge is 0.182 e. The molecular formula is C24H29NO3. The van der Waals surface area contributed by atoms with E-state index in [-0.39, 0.29) is 12.3 Å². The number of hydrogen-bond donors (Lipinski definition) is 0. The Morgan fingerprint density at radius 2 is 1.79 bits per heavy atom. The van der Waals surface area contributed by atoms with Crippen molar-refractivity contribution in [1.29, 1.82) is 0 Å². The summed E-state index contributed by atoms with van der Waals surface area (Å²) in [5.41, 5.74) is 5.09. The van der Waals surface area contributed by atoms with Crippen molar-refractivity contribution in [2.75, 3.05) is 13.2 Å².